The number of aromatic nitrogens is 2. The first-order chi connectivity index (χ1) is 9.01. The van der Waals surface area contributed by atoms with E-state index in [9.17, 15) is 4.39 Å². The molecule has 0 saturated carbocycles. The van der Waals surface area contributed by atoms with Gasteiger partial charge in [0.25, 0.3) is 0 Å². The minimum atomic E-state index is -0.314. The Morgan fingerprint density at radius 1 is 1.32 bits per heavy atom. The normalized spacial score (nSPS) is 11.8. The van der Waals surface area contributed by atoms with Crippen LogP contribution < -0.4 is 5.73 Å². The van der Waals surface area contributed by atoms with E-state index in [-0.39, 0.29) is 11.2 Å². The highest BCUT2D eigenvalue weighted by atomic mass is 32.2. The Morgan fingerprint density at radius 2 is 2.00 bits per heavy atom. The molecule has 0 radical (unpaired) electrons. The molecule has 19 heavy (non-hydrogen) atoms. The number of thioether (sulfide) groups is 1. The largest absolute Gasteiger partial charge is 0.339 e. The van der Waals surface area contributed by atoms with E-state index in [1.54, 1.807) is 12.1 Å². The fourth-order valence-electron chi connectivity index (χ4n) is 1.35. The average molecular weight is 281 g/mol. The first-order valence-corrected chi connectivity index (χ1v) is 6.91. The van der Waals surface area contributed by atoms with Crippen LogP contribution in [-0.4, -0.2) is 16.7 Å². The fourth-order valence-corrected chi connectivity index (χ4v) is 2.10. The third kappa shape index (κ3) is 3.54. The second kappa shape index (κ2) is 5.71. The Balaban J connectivity index is 1.99. The van der Waals surface area contributed by atoms with Gasteiger partial charge in [0.1, 0.15) is 5.82 Å². The summed E-state index contributed by atoms with van der Waals surface area (Å²) in [5.74, 6) is 1.50. The van der Waals surface area contributed by atoms with Crippen molar-refractivity contribution in [2.45, 2.75) is 29.9 Å². The van der Waals surface area contributed by atoms with Crippen LogP contribution in [0.25, 0.3) is 0 Å². The molecule has 2 aromatic rings. The van der Waals surface area contributed by atoms with E-state index in [1.165, 1.54) is 23.9 Å². The lowest BCUT2D eigenvalue weighted by atomic mass is 9.94. The van der Waals surface area contributed by atoms with Gasteiger partial charge in [0, 0.05) is 11.4 Å². The first kappa shape index (κ1) is 14.0. The highest BCUT2D eigenvalue weighted by Crippen LogP contribution is 2.24. The lowest BCUT2D eigenvalue weighted by Crippen LogP contribution is -2.28. The van der Waals surface area contributed by atoms with Crippen LogP contribution in [0.15, 0.2) is 33.7 Å². The number of nitrogens with zero attached hydrogens (tertiary/aromatic N) is 2. The van der Waals surface area contributed by atoms with Gasteiger partial charge in [0.2, 0.25) is 5.89 Å². The molecule has 0 saturated heterocycles. The van der Waals surface area contributed by atoms with E-state index >= 15 is 0 Å². The summed E-state index contributed by atoms with van der Waals surface area (Å²) in [6.45, 7) is 4.36. The Hall–Kier alpha value is -1.40. The van der Waals surface area contributed by atoms with Crippen LogP contribution in [0.5, 0.6) is 0 Å². The second-order valence-corrected chi connectivity index (χ2v) is 5.90. The predicted octanol–water partition coefficient (Wildman–Crippen LogP) is 2.74. The van der Waals surface area contributed by atoms with Gasteiger partial charge in [-0.25, -0.2) is 4.39 Å². The van der Waals surface area contributed by atoms with Gasteiger partial charge < -0.3 is 10.3 Å². The zero-order chi connectivity index (χ0) is 13.9. The van der Waals surface area contributed by atoms with E-state index in [1.807, 2.05) is 13.8 Å². The number of benzene rings is 1. The number of hydrogen-bond donors (Lipinski definition) is 1. The zero-order valence-corrected chi connectivity index (χ0v) is 11.7. The van der Waals surface area contributed by atoms with E-state index in [2.05, 4.69) is 10.1 Å². The van der Waals surface area contributed by atoms with Gasteiger partial charge in [0.05, 0.1) is 11.2 Å². The van der Waals surface area contributed by atoms with Gasteiger partial charge in [-0.2, -0.15) is 4.98 Å². The number of rotatable bonds is 5. The molecule has 4 nitrogen and oxygen atoms in total. The number of halogens is 1. The summed E-state index contributed by atoms with van der Waals surface area (Å²) in [6.07, 6.45) is 0. The molecule has 0 atom stereocenters. The summed E-state index contributed by atoms with van der Waals surface area (Å²) < 4.78 is 18.0. The van der Waals surface area contributed by atoms with Crippen LogP contribution in [-0.2, 0) is 11.2 Å². The van der Waals surface area contributed by atoms with Gasteiger partial charge in [-0.05, 0) is 38.1 Å². The quantitative estimate of drug-likeness (QED) is 0.854. The molecule has 1 aromatic carbocycles. The van der Waals surface area contributed by atoms with Crippen molar-refractivity contribution in [3.8, 4) is 0 Å². The van der Waals surface area contributed by atoms with Crippen molar-refractivity contribution in [1.29, 1.82) is 0 Å². The maximum Gasteiger partial charge on any atom is 0.233 e. The van der Waals surface area contributed by atoms with Crippen LogP contribution in [0.2, 0.25) is 0 Å². The molecule has 0 unspecified atom stereocenters. The van der Waals surface area contributed by atoms with E-state index in [4.69, 9.17) is 10.3 Å². The highest BCUT2D eigenvalue weighted by Gasteiger charge is 2.25. The van der Waals surface area contributed by atoms with Crippen LogP contribution in [0.3, 0.4) is 0 Å². The summed E-state index contributed by atoms with van der Waals surface area (Å²) in [7, 11) is 0. The predicted molar refractivity (Wildman–Crippen MR) is 72.3 cm³/mol. The van der Waals surface area contributed by atoms with Crippen LogP contribution in [0.1, 0.15) is 25.6 Å². The Morgan fingerprint density at radius 3 is 2.63 bits per heavy atom. The molecule has 1 heterocycles. The van der Waals surface area contributed by atoms with Crippen molar-refractivity contribution in [3.63, 3.8) is 0 Å². The molecule has 0 aliphatic heterocycles. The van der Waals surface area contributed by atoms with Gasteiger partial charge in [-0.15, -0.1) is 11.8 Å². The summed E-state index contributed by atoms with van der Waals surface area (Å²) in [6, 6.07) is 6.32. The van der Waals surface area contributed by atoms with Crippen molar-refractivity contribution in [2.24, 2.45) is 5.73 Å². The minimum Gasteiger partial charge on any atom is -0.339 e. The maximum absolute atomic E-state index is 12.8. The van der Waals surface area contributed by atoms with Crippen LogP contribution in [0, 0.1) is 5.82 Å². The lowest BCUT2D eigenvalue weighted by molar-refractivity contribution is 0.309. The number of hydrogen-bond acceptors (Lipinski definition) is 5. The molecule has 0 aliphatic carbocycles. The van der Waals surface area contributed by atoms with Gasteiger partial charge in [-0.3, -0.25) is 0 Å². The van der Waals surface area contributed by atoms with Crippen LogP contribution >= 0.6 is 11.8 Å². The van der Waals surface area contributed by atoms with E-state index in [0.29, 0.717) is 24.0 Å². The molecule has 2 rings (SSSR count). The summed E-state index contributed by atoms with van der Waals surface area (Å²) in [5, 5.41) is 3.93. The van der Waals surface area contributed by atoms with Crippen molar-refractivity contribution < 1.29 is 8.91 Å². The highest BCUT2D eigenvalue weighted by molar-refractivity contribution is 7.98. The lowest BCUT2D eigenvalue weighted by Gasteiger charge is -2.15. The first-order valence-electron chi connectivity index (χ1n) is 5.93. The fraction of sp³-hybridized carbons (Fsp3) is 0.385. The molecule has 1 aromatic heterocycles. The Labute approximate surface area is 115 Å². The van der Waals surface area contributed by atoms with Crippen LogP contribution in [0.4, 0.5) is 4.39 Å². The van der Waals surface area contributed by atoms with Crippen molar-refractivity contribution in [2.75, 3.05) is 6.54 Å². The monoisotopic (exact) mass is 281 g/mol. The standard InChI is InChI=1S/C13H16FN3OS/c1-13(2,8-15)12-16-11(17-18-12)7-19-10-5-3-9(14)4-6-10/h3-6H,7-8,15H2,1-2H3. The molecule has 0 fully saturated rings. The van der Waals surface area contributed by atoms with Gasteiger partial charge >= 0.3 is 0 Å². The third-order valence-electron chi connectivity index (χ3n) is 2.74. The van der Waals surface area contributed by atoms with Gasteiger partial charge in [0.15, 0.2) is 5.82 Å². The molecular weight excluding hydrogens is 265 g/mol. The van der Waals surface area contributed by atoms with E-state index in [0.717, 1.165) is 4.90 Å². The second-order valence-electron chi connectivity index (χ2n) is 4.85. The molecule has 0 aliphatic rings. The molecule has 6 heteroatoms. The molecular formula is C13H16FN3OS. The summed E-state index contributed by atoms with van der Waals surface area (Å²) >= 11 is 1.53. The maximum atomic E-state index is 12.8. The molecule has 0 amide bonds. The van der Waals surface area contributed by atoms with E-state index < -0.39 is 0 Å². The smallest absolute Gasteiger partial charge is 0.233 e. The van der Waals surface area contributed by atoms with Gasteiger partial charge in [-0.1, -0.05) is 5.16 Å². The SMILES string of the molecule is CC(C)(CN)c1nc(CSc2ccc(F)cc2)no1. The molecule has 0 bridgehead atoms. The Kier molecular flexibility index (Phi) is 4.21. The molecule has 2 N–H and O–H groups in total. The van der Waals surface area contributed by atoms with Crippen molar-refractivity contribution in [3.05, 3.63) is 41.8 Å². The van der Waals surface area contributed by atoms with Crippen molar-refractivity contribution >= 4 is 11.8 Å². The zero-order valence-electron chi connectivity index (χ0n) is 10.9. The summed E-state index contributed by atoms with van der Waals surface area (Å²) in [5.41, 5.74) is 5.34. The minimum absolute atomic E-state index is 0.240. The molecule has 102 valence electrons. The number of nitrogens with two attached hydrogens (primary N) is 1. The Bertz CT molecular complexity index is 539. The average Bonchev–Trinajstić information content (AvgIpc) is 2.88. The molecule has 0 spiro atoms. The summed E-state index contributed by atoms with van der Waals surface area (Å²) in [4.78, 5) is 5.30. The topological polar surface area (TPSA) is 64.9 Å². The van der Waals surface area contributed by atoms with Crippen molar-refractivity contribution in [1.82, 2.24) is 10.1 Å². The third-order valence-corrected chi connectivity index (χ3v) is 3.75.